The third-order valence-electron chi connectivity index (χ3n) is 2.72. The highest BCUT2D eigenvalue weighted by Gasteiger charge is 2.19. The largest absolute Gasteiger partial charge is 0.379 e. The lowest BCUT2D eigenvalue weighted by molar-refractivity contribution is 0.184. The van der Waals surface area contributed by atoms with Gasteiger partial charge in [0.25, 0.3) is 0 Å². The smallest absolute Gasteiger partial charge is 0.131 e. The van der Waals surface area contributed by atoms with Gasteiger partial charge in [-0.05, 0) is 18.6 Å². The SMILES string of the molecule is c1ccc(-c2cn([C@H]3CCOC3)nn2)nc1. The number of pyridine rings is 1. The molecule has 3 heterocycles. The van der Waals surface area contributed by atoms with Crippen molar-refractivity contribution in [2.45, 2.75) is 12.5 Å². The van der Waals surface area contributed by atoms with Crippen molar-refractivity contribution < 1.29 is 4.74 Å². The van der Waals surface area contributed by atoms with Gasteiger partial charge in [-0.1, -0.05) is 11.3 Å². The van der Waals surface area contributed by atoms with Gasteiger partial charge in [0.1, 0.15) is 5.69 Å². The highest BCUT2D eigenvalue weighted by Crippen LogP contribution is 2.20. The van der Waals surface area contributed by atoms with E-state index in [4.69, 9.17) is 4.74 Å². The Kier molecular flexibility index (Phi) is 2.38. The van der Waals surface area contributed by atoms with Crippen molar-refractivity contribution in [1.29, 1.82) is 0 Å². The lowest BCUT2D eigenvalue weighted by Gasteiger charge is -2.04. The van der Waals surface area contributed by atoms with Gasteiger partial charge in [-0.3, -0.25) is 4.98 Å². The number of hydrogen-bond acceptors (Lipinski definition) is 4. The van der Waals surface area contributed by atoms with Crippen LogP contribution in [0.4, 0.5) is 0 Å². The molecule has 1 aliphatic heterocycles. The van der Waals surface area contributed by atoms with Crippen LogP contribution in [0.5, 0.6) is 0 Å². The third kappa shape index (κ3) is 1.69. The number of rotatable bonds is 2. The van der Waals surface area contributed by atoms with Crippen LogP contribution in [0.15, 0.2) is 30.6 Å². The molecule has 0 saturated carbocycles. The average Bonchev–Trinajstić information content (AvgIpc) is 3.01. The molecule has 0 bridgehead atoms. The Labute approximate surface area is 93.1 Å². The average molecular weight is 216 g/mol. The maximum Gasteiger partial charge on any atom is 0.131 e. The minimum Gasteiger partial charge on any atom is -0.379 e. The highest BCUT2D eigenvalue weighted by atomic mass is 16.5. The molecule has 0 aliphatic carbocycles. The summed E-state index contributed by atoms with van der Waals surface area (Å²) >= 11 is 0. The molecule has 1 fully saturated rings. The molecule has 0 radical (unpaired) electrons. The molecule has 0 spiro atoms. The van der Waals surface area contributed by atoms with Crippen molar-refractivity contribution in [3.63, 3.8) is 0 Å². The summed E-state index contributed by atoms with van der Waals surface area (Å²) in [5, 5.41) is 8.25. The molecule has 1 aliphatic rings. The van der Waals surface area contributed by atoms with Crippen LogP contribution in [0.2, 0.25) is 0 Å². The lowest BCUT2D eigenvalue weighted by Crippen LogP contribution is -2.08. The van der Waals surface area contributed by atoms with Crippen LogP contribution in [-0.2, 0) is 4.74 Å². The van der Waals surface area contributed by atoms with E-state index in [1.54, 1.807) is 6.20 Å². The van der Waals surface area contributed by atoms with Crippen molar-refractivity contribution >= 4 is 0 Å². The Morgan fingerprint density at radius 2 is 2.31 bits per heavy atom. The van der Waals surface area contributed by atoms with Gasteiger partial charge in [0.15, 0.2) is 0 Å². The topological polar surface area (TPSA) is 52.8 Å². The van der Waals surface area contributed by atoms with E-state index in [9.17, 15) is 0 Å². The first-order valence-corrected chi connectivity index (χ1v) is 5.34. The van der Waals surface area contributed by atoms with Crippen molar-refractivity contribution in [2.75, 3.05) is 13.2 Å². The molecular formula is C11H12N4O. The van der Waals surface area contributed by atoms with Gasteiger partial charge in [0.2, 0.25) is 0 Å². The van der Waals surface area contributed by atoms with Crippen LogP contribution in [0.1, 0.15) is 12.5 Å². The van der Waals surface area contributed by atoms with Gasteiger partial charge in [0, 0.05) is 12.8 Å². The van der Waals surface area contributed by atoms with Crippen LogP contribution in [0, 0.1) is 0 Å². The molecule has 0 amide bonds. The molecule has 0 unspecified atom stereocenters. The Hall–Kier alpha value is -1.75. The summed E-state index contributed by atoms with van der Waals surface area (Å²) < 4.78 is 7.19. The van der Waals surface area contributed by atoms with E-state index in [-0.39, 0.29) is 0 Å². The molecule has 0 aromatic carbocycles. The Morgan fingerprint density at radius 3 is 3.06 bits per heavy atom. The predicted molar refractivity (Wildman–Crippen MR) is 57.7 cm³/mol. The first-order chi connectivity index (χ1) is 7.93. The van der Waals surface area contributed by atoms with E-state index < -0.39 is 0 Å². The molecule has 82 valence electrons. The summed E-state index contributed by atoms with van der Waals surface area (Å²) in [4.78, 5) is 4.24. The number of ether oxygens (including phenoxy) is 1. The molecule has 1 saturated heterocycles. The summed E-state index contributed by atoms with van der Waals surface area (Å²) in [6.07, 6.45) is 4.69. The third-order valence-corrected chi connectivity index (χ3v) is 2.72. The zero-order valence-electron chi connectivity index (χ0n) is 8.78. The Bertz CT molecular complexity index is 462. The molecule has 2 aromatic heterocycles. The predicted octanol–water partition coefficient (Wildman–Crippen LogP) is 1.30. The van der Waals surface area contributed by atoms with Crippen LogP contribution in [0.3, 0.4) is 0 Å². The van der Waals surface area contributed by atoms with E-state index in [2.05, 4.69) is 15.3 Å². The monoisotopic (exact) mass is 216 g/mol. The van der Waals surface area contributed by atoms with E-state index in [0.717, 1.165) is 31.0 Å². The first kappa shape index (κ1) is 9.47. The zero-order valence-corrected chi connectivity index (χ0v) is 8.78. The van der Waals surface area contributed by atoms with Gasteiger partial charge >= 0.3 is 0 Å². The minimum absolute atomic E-state index is 0.324. The standard InChI is InChI=1S/C11H12N4O/c1-2-5-12-10(3-1)11-7-15(14-13-11)9-4-6-16-8-9/h1-3,5,7,9H,4,6,8H2/t9-/m0/s1. The molecular weight excluding hydrogens is 204 g/mol. The molecule has 2 aromatic rings. The normalized spacial score (nSPS) is 20.1. The van der Waals surface area contributed by atoms with Crippen molar-refractivity contribution in [3.8, 4) is 11.4 Å². The van der Waals surface area contributed by atoms with Gasteiger partial charge < -0.3 is 4.74 Å². The maximum atomic E-state index is 5.32. The molecule has 3 rings (SSSR count). The van der Waals surface area contributed by atoms with Crippen LogP contribution < -0.4 is 0 Å². The van der Waals surface area contributed by atoms with E-state index in [0.29, 0.717) is 6.04 Å². The number of nitrogens with zero attached hydrogens (tertiary/aromatic N) is 4. The van der Waals surface area contributed by atoms with Crippen LogP contribution >= 0.6 is 0 Å². The van der Waals surface area contributed by atoms with E-state index in [1.807, 2.05) is 29.1 Å². The van der Waals surface area contributed by atoms with E-state index >= 15 is 0 Å². The molecule has 5 nitrogen and oxygen atoms in total. The minimum atomic E-state index is 0.324. The van der Waals surface area contributed by atoms with Crippen LogP contribution in [-0.4, -0.2) is 33.2 Å². The lowest BCUT2D eigenvalue weighted by atomic mass is 10.2. The first-order valence-electron chi connectivity index (χ1n) is 5.34. The number of hydrogen-bond donors (Lipinski definition) is 0. The summed E-state index contributed by atoms with van der Waals surface area (Å²) in [6, 6.07) is 6.09. The Balaban J connectivity index is 1.87. The Morgan fingerprint density at radius 1 is 1.31 bits per heavy atom. The second-order valence-electron chi connectivity index (χ2n) is 3.82. The number of aromatic nitrogens is 4. The molecule has 1 atom stereocenters. The quantitative estimate of drug-likeness (QED) is 0.759. The highest BCUT2D eigenvalue weighted by molar-refractivity contribution is 5.51. The zero-order chi connectivity index (χ0) is 10.8. The maximum absolute atomic E-state index is 5.32. The second kappa shape index (κ2) is 4.02. The fourth-order valence-electron chi connectivity index (χ4n) is 1.82. The summed E-state index contributed by atoms with van der Waals surface area (Å²) in [5.41, 5.74) is 1.67. The van der Waals surface area contributed by atoms with Gasteiger partial charge in [0.05, 0.1) is 24.5 Å². The van der Waals surface area contributed by atoms with Crippen molar-refractivity contribution in [2.24, 2.45) is 0 Å². The van der Waals surface area contributed by atoms with Crippen molar-refractivity contribution in [1.82, 2.24) is 20.0 Å². The van der Waals surface area contributed by atoms with Crippen LogP contribution in [0.25, 0.3) is 11.4 Å². The summed E-state index contributed by atoms with van der Waals surface area (Å²) in [5.74, 6) is 0. The van der Waals surface area contributed by atoms with Gasteiger partial charge in [-0.25, -0.2) is 4.68 Å². The molecule has 16 heavy (non-hydrogen) atoms. The second-order valence-corrected chi connectivity index (χ2v) is 3.82. The van der Waals surface area contributed by atoms with E-state index in [1.165, 1.54) is 0 Å². The van der Waals surface area contributed by atoms with Crippen molar-refractivity contribution in [3.05, 3.63) is 30.6 Å². The summed E-state index contributed by atoms with van der Waals surface area (Å²) in [6.45, 7) is 1.54. The fourth-order valence-corrected chi connectivity index (χ4v) is 1.82. The fraction of sp³-hybridized carbons (Fsp3) is 0.364. The van der Waals surface area contributed by atoms with Gasteiger partial charge in [-0.15, -0.1) is 5.10 Å². The van der Waals surface area contributed by atoms with Gasteiger partial charge in [-0.2, -0.15) is 0 Å². The molecule has 0 N–H and O–H groups in total. The summed E-state index contributed by atoms with van der Waals surface area (Å²) in [7, 11) is 0. The molecule has 5 heteroatoms.